The normalized spacial score (nSPS) is 10.9. The summed E-state index contributed by atoms with van der Waals surface area (Å²) < 4.78 is 26.6. The van der Waals surface area contributed by atoms with E-state index in [2.05, 4.69) is 10.1 Å². The summed E-state index contributed by atoms with van der Waals surface area (Å²) in [5.41, 5.74) is 0.784. The first kappa shape index (κ1) is 19.8. The first-order valence-corrected chi connectivity index (χ1v) is 10.0. The van der Waals surface area contributed by atoms with Crippen LogP contribution in [0.1, 0.15) is 0 Å². The number of anilines is 1. The van der Waals surface area contributed by atoms with Crippen molar-refractivity contribution in [2.24, 2.45) is 0 Å². The molecule has 154 valence electrons. The Morgan fingerprint density at radius 3 is 2.73 bits per heavy atom. The van der Waals surface area contributed by atoms with Crippen LogP contribution in [0.3, 0.4) is 0 Å². The third-order valence-electron chi connectivity index (χ3n) is 4.40. The quantitative estimate of drug-likeness (QED) is 0.429. The van der Waals surface area contributed by atoms with Crippen molar-refractivity contribution in [1.29, 1.82) is 0 Å². The SMILES string of the molecule is COc1ccc2nc(N(CCn3cccn3)C(=O)COc3ccc(F)cc3)sc2c1. The number of methoxy groups -OCH3 is 1. The lowest BCUT2D eigenvalue weighted by Gasteiger charge is -2.20. The molecule has 4 rings (SSSR count). The molecule has 0 atom stereocenters. The number of rotatable bonds is 8. The highest BCUT2D eigenvalue weighted by Gasteiger charge is 2.21. The fourth-order valence-electron chi connectivity index (χ4n) is 2.85. The topological polar surface area (TPSA) is 69.5 Å². The van der Waals surface area contributed by atoms with E-state index in [0.717, 1.165) is 16.0 Å². The zero-order valence-electron chi connectivity index (χ0n) is 16.2. The molecule has 0 spiro atoms. The predicted octanol–water partition coefficient (Wildman–Crippen LogP) is 3.75. The van der Waals surface area contributed by atoms with E-state index >= 15 is 0 Å². The lowest BCUT2D eigenvalue weighted by Crippen LogP contribution is -2.37. The minimum absolute atomic E-state index is 0.190. The van der Waals surface area contributed by atoms with E-state index in [1.165, 1.54) is 35.6 Å². The smallest absolute Gasteiger partial charge is 0.266 e. The van der Waals surface area contributed by atoms with Crippen molar-refractivity contribution in [2.45, 2.75) is 6.54 Å². The van der Waals surface area contributed by atoms with Crippen LogP contribution >= 0.6 is 11.3 Å². The Morgan fingerprint density at radius 2 is 2.00 bits per heavy atom. The Kier molecular flexibility index (Phi) is 5.89. The van der Waals surface area contributed by atoms with Gasteiger partial charge in [-0.25, -0.2) is 9.37 Å². The summed E-state index contributed by atoms with van der Waals surface area (Å²) in [5.74, 6) is 0.537. The van der Waals surface area contributed by atoms with Gasteiger partial charge in [0, 0.05) is 18.9 Å². The second kappa shape index (κ2) is 8.91. The van der Waals surface area contributed by atoms with E-state index in [1.807, 2.05) is 30.5 Å². The number of carbonyl (C=O) groups is 1. The molecule has 1 amide bonds. The van der Waals surface area contributed by atoms with E-state index in [-0.39, 0.29) is 18.3 Å². The summed E-state index contributed by atoms with van der Waals surface area (Å²) in [7, 11) is 1.61. The Morgan fingerprint density at radius 1 is 1.20 bits per heavy atom. The second-order valence-electron chi connectivity index (χ2n) is 6.39. The number of fused-ring (bicyclic) bond motifs is 1. The molecule has 4 aromatic rings. The molecule has 30 heavy (non-hydrogen) atoms. The molecule has 9 heteroatoms. The molecule has 0 unspecified atom stereocenters. The first-order chi connectivity index (χ1) is 14.6. The summed E-state index contributed by atoms with van der Waals surface area (Å²) in [6, 6.07) is 13.0. The van der Waals surface area contributed by atoms with Crippen LogP contribution < -0.4 is 14.4 Å². The zero-order valence-corrected chi connectivity index (χ0v) is 17.0. The molecule has 0 saturated heterocycles. The molecule has 0 aliphatic carbocycles. The van der Waals surface area contributed by atoms with E-state index in [9.17, 15) is 9.18 Å². The maximum Gasteiger partial charge on any atom is 0.266 e. The lowest BCUT2D eigenvalue weighted by molar-refractivity contribution is -0.120. The van der Waals surface area contributed by atoms with E-state index < -0.39 is 0 Å². The molecule has 2 heterocycles. The molecule has 7 nitrogen and oxygen atoms in total. The van der Waals surface area contributed by atoms with Gasteiger partial charge in [0.2, 0.25) is 0 Å². The predicted molar refractivity (Wildman–Crippen MR) is 113 cm³/mol. The molecule has 0 saturated carbocycles. The number of thiazole rings is 1. The molecule has 2 aromatic heterocycles. The van der Waals surface area contributed by atoms with Crippen LogP contribution in [0.25, 0.3) is 10.2 Å². The van der Waals surface area contributed by atoms with Gasteiger partial charge in [0.15, 0.2) is 11.7 Å². The number of benzene rings is 2. The number of amides is 1. The average molecular weight is 426 g/mol. The second-order valence-corrected chi connectivity index (χ2v) is 7.40. The standard InChI is InChI=1S/C21H19FN4O3S/c1-28-17-7-8-18-19(13-17)30-21(24-18)26(12-11-25-10-2-9-23-25)20(27)14-29-16-5-3-15(22)4-6-16/h2-10,13H,11-12,14H2,1H3. The third-order valence-corrected chi connectivity index (χ3v) is 5.45. The van der Waals surface area contributed by atoms with Crippen molar-refractivity contribution in [2.75, 3.05) is 25.2 Å². The summed E-state index contributed by atoms with van der Waals surface area (Å²) >= 11 is 1.40. The number of carbonyl (C=O) groups excluding carboxylic acids is 1. The van der Waals surface area contributed by atoms with Gasteiger partial charge in [-0.05, 0) is 48.5 Å². The number of hydrogen-bond acceptors (Lipinski definition) is 6. The highest BCUT2D eigenvalue weighted by atomic mass is 32.1. The van der Waals surface area contributed by atoms with Crippen LogP contribution in [-0.4, -0.2) is 40.9 Å². The lowest BCUT2D eigenvalue weighted by atomic mass is 10.3. The van der Waals surface area contributed by atoms with Crippen molar-refractivity contribution in [1.82, 2.24) is 14.8 Å². The Labute approximate surface area is 176 Å². The van der Waals surface area contributed by atoms with Crippen molar-refractivity contribution in [3.63, 3.8) is 0 Å². The van der Waals surface area contributed by atoms with Crippen LogP contribution in [0.4, 0.5) is 9.52 Å². The molecule has 0 N–H and O–H groups in total. The number of halogens is 1. The fraction of sp³-hybridized carbons (Fsp3) is 0.190. The average Bonchev–Trinajstić information content (AvgIpc) is 3.42. The maximum atomic E-state index is 13.1. The molecular weight excluding hydrogens is 407 g/mol. The van der Waals surface area contributed by atoms with Crippen LogP contribution in [0.2, 0.25) is 0 Å². The molecule has 0 bridgehead atoms. The summed E-state index contributed by atoms with van der Waals surface area (Å²) in [6.45, 7) is 0.697. The van der Waals surface area contributed by atoms with Crippen LogP contribution in [0.15, 0.2) is 60.9 Å². The Bertz CT molecular complexity index is 1130. The zero-order chi connectivity index (χ0) is 20.9. The number of ether oxygens (including phenoxy) is 2. The maximum absolute atomic E-state index is 13.1. The molecule has 2 aromatic carbocycles. The molecular formula is C21H19FN4O3S. The van der Waals surface area contributed by atoms with Crippen LogP contribution in [-0.2, 0) is 11.3 Å². The van der Waals surface area contributed by atoms with Crippen LogP contribution in [0, 0.1) is 5.82 Å². The first-order valence-electron chi connectivity index (χ1n) is 9.23. The molecule has 0 aliphatic rings. The molecule has 0 fully saturated rings. The highest BCUT2D eigenvalue weighted by Crippen LogP contribution is 2.31. The van der Waals surface area contributed by atoms with Gasteiger partial charge in [-0.2, -0.15) is 5.10 Å². The summed E-state index contributed by atoms with van der Waals surface area (Å²) in [4.78, 5) is 19.2. The monoisotopic (exact) mass is 426 g/mol. The van der Waals surface area contributed by atoms with E-state index in [1.54, 1.807) is 22.9 Å². The van der Waals surface area contributed by atoms with Crippen molar-refractivity contribution in [3.05, 3.63) is 66.7 Å². The van der Waals surface area contributed by atoms with Gasteiger partial charge in [-0.1, -0.05) is 11.3 Å². The Balaban J connectivity index is 1.55. The van der Waals surface area contributed by atoms with Crippen molar-refractivity contribution in [3.8, 4) is 11.5 Å². The summed E-state index contributed by atoms with van der Waals surface area (Å²) in [6.07, 6.45) is 3.52. The minimum Gasteiger partial charge on any atom is -0.497 e. The third kappa shape index (κ3) is 4.57. The summed E-state index contributed by atoms with van der Waals surface area (Å²) in [5, 5.41) is 4.75. The largest absolute Gasteiger partial charge is 0.497 e. The van der Waals surface area contributed by atoms with Gasteiger partial charge in [0.1, 0.15) is 17.3 Å². The minimum atomic E-state index is -0.362. The van der Waals surface area contributed by atoms with Crippen molar-refractivity contribution < 1.29 is 18.7 Å². The van der Waals surface area contributed by atoms with Gasteiger partial charge in [0.25, 0.3) is 5.91 Å². The number of aromatic nitrogens is 3. The van der Waals surface area contributed by atoms with Gasteiger partial charge >= 0.3 is 0 Å². The van der Waals surface area contributed by atoms with Gasteiger partial charge < -0.3 is 9.47 Å². The van der Waals surface area contributed by atoms with Crippen molar-refractivity contribution >= 4 is 32.6 Å². The van der Waals surface area contributed by atoms with Gasteiger partial charge in [0.05, 0.1) is 23.9 Å². The Hall–Kier alpha value is -3.46. The molecule has 0 aliphatic heterocycles. The van der Waals surface area contributed by atoms with Gasteiger partial charge in [-0.3, -0.25) is 14.4 Å². The van der Waals surface area contributed by atoms with E-state index in [4.69, 9.17) is 9.47 Å². The van der Waals surface area contributed by atoms with Gasteiger partial charge in [-0.15, -0.1) is 0 Å². The highest BCUT2D eigenvalue weighted by molar-refractivity contribution is 7.22. The fourth-order valence-corrected chi connectivity index (χ4v) is 3.89. The van der Waals surface area contributed by atoms with Crippen LogP contribution in [0.5, 0.6) is 11.5 Å². The van der Waals surface area contributed by atoms with E-state index in [0.29, 0.717) is 24.0 Å². The number of nitrogens with zero attached hydrogens (tertiary/aromatic N) is 4. The molecule has 0 radical (unpaired) electrons. The number of hydrogen-bond donors (Lipinski definition) is 0.